The zero-order valence-corrected chi connectivity index (χ0v) is 13.9. The van der Waals surface area contributed by atoms with Crippen LogP contribution in [0.5, 0.6) is 0 Å². The molecule has 10 heteroatoms. The van der Waals surface area contributed by atoms with Crippen LogP contribution in [0.25, 0.3) is 11.1 Å². The van der Waals surface area contributed by atoms with Crippen LogP contribution < -0.4 is 10.5 Å². The number of amidine groups is 1. The Morgan fingerprint density at radius 1 is 1.24 bits per heavy atom. The smallest absolute Gasteiger partial charge is 0.238 e. The van der Waals surface area contributed by atoms with Gasteiger partial charge in [-0.15, -0.1) is 5.11 Å². The van der Waals surface area contributed by atoms with Crippen LogP contribution in [0.15, 0.2) is 56.6 Å². The Morgan fingerprint density at radius 2 is 2.08 bits per heavy atom. The first-order chi connectivity index (χ1) is 12.0. The maximum Gasteiger partial charge on any atom is 0.238 e. The standard InChI is InChI=1S/C15H16N6O3S/c16-25(23,24)12-3-1-2-11(14(12)15-19-9-20-21-15)10-4-5-13(18-8-10)17-6-7-22/h1-5,8,22H,6-7,9H2,(H,17,18)(H2,16,23,24). The van der Waals surface area contributed by atoms with Gasteiger partial charge in [-0.25, -0.2) is 23.5 Å². The molecule has 0 saturated carbocycles. The molecule has 0 unspecified atom stereocenters. The number of aliphatic hydroxyl groups is 1. The van der Waals surface area contributed by atoms with Crippen molar-refractivity contribution in [2.75, 3.05) is 25.1 Å². The summed E-state index contributed by atoms with van der Waals surface area (Å²) in [5.41, 5.74) is 1.58. The predicted molar refractivity (Wildman–Crippen MR) is 92.9 cm³/mol. The van der Waals surface area contributed by atoms with Crippen LogP contribution in [0.3, 0.4) is 0 Å². The van der Waals surface area contributed by atoms with Gasteiger partial charge in [-0.3, -0.25) is 0 Å². The van der Waals surface area contributed by atoms with E-state index in [9.17, 15) is 8.42 Å². The van der Waals surface area contributed by atoms with E-state index in [-0.39, 0.29) is 24.0 Å². The van der Waals surface area contributed by atoms with E-state index in [1.54, 1.807) is 30.5 Å². The molecule has 130 valence electrons. The minimum Gasteiger partial charge on any atom is -0.395 e. The normalized spacial score (nSPS) is 13.8. The summed E-state index contributed by atoms with van der Waals surface area (Å²) >= 11 is 0. The van der Waals surface area contributed by atoms with Crippen LogP contribution in [0.2, 0.25) is 0 Å². The van der Waals surface area contributed by atoms with Crippen LogP contribution in [-0.4, -0.2) is 44.2 Å². The number of sulfonamides is 1. The maximum atomic E-state index is 12.0. The summed E-state index contributed by atoms with van der Waals surface area (Å²) in [6, 6.07) is 8.28. The van der Waals surface area contributed by atoms with E-state index < -0.39 is 10.0 Å². The van der Waals surface area contributed by atoms with E-state index in [0.717, 1.165) is 0 Å². The number of aliphatic imine (C=N–C) groups is 1. The van der Waals surface area contributed by atoms with Crippen molar-refractivity contribution in [3.05, 3.63) is 42.1 Å². The number of aliphatic hydroxyl groups excluding tert-OH is 1. The van der Waals surface area contributed by atoms with Gasteiger partial charge in [0.2, 0.25) is 10.0 Å². The molecule has 1 aromatic carbocycles. The topological polar surface area (TPSA) is 142 Å². The number of nitrogens with zero attached hydrogens (tertiary/aromatic N) is 4. The lowest BCUT2D eigenvalue weighted by atomic mass is 10.0. The summed E-state index contributed by atoms with van der Waals surface area (Å²) < 4.78 is 23.9. The summed E-state index contributed by atoms with van der Waals surface area (Å²) in [7, 11) is -3.96. The summed E-state index contributed by atoms with van der Waals surface area (Å²) in [6.45, 7) is 0.528. The number of nitrogens with one attached hydrogen (secondary N) is 1. The second kappa shape index (κ2) is 7.05. The zero-order valence-electron chi connectivity index (χ0n) is 13.1. The maximum absolute atomic E-state index is 12.0. The first-order valence-corrected chi connectivity index (χ1v) is 8.94. The van der Waals surface area contributed by atoms with E-state index in [2.05, 4.69) is 25.5 Å². The molecule has 1 aliphatic rings. The Morgan fingerprint density at radius 3 is 2.68 bits per heavy atom. The van der Waals surface area contributed by atoms with Crippen molar-refractivity contribution in [1.82, 2.24) is 4.98 Å². The van der Waals surface area contributed by atoms with Gasteiger partial charge in [-0.2, -0.15) is 5.11 Å². The van der Waals surface area contributed by atoms with Crippen molar-refractivity contribution in [1.29, 1.82) is 0 Å². The molecular weight excluding hydrogens is 344 g/mol. The quantitative estimate of drug-likeness (QED) is 0.703. The summed E-state index contributed by atoms with van der Waals surface area (Å²) in [5, 5.41) is 24.8. The average molecular weight is 360 g/mol. The summed E-state index contributed by atoms with van der Waals surface area (Å²) in [5.74, 6) is 0.821. The van der Waals surface area contributed by atoms with E-state index in [0.29, 0.717) is 29.1 Å². The molecule has 2 aromatic rings. The third-order valence-corrected chi connectivity index (χ3v) is 4.45. The number of azo groups is 1. The number of hydrogen-bond acceptors (Lipinski definition) is 8. The molecule has 0 radical (unpaired) electrons. The zero-order chi connectivity index (χ0) is 17.9. The van der Waals surface area contributed by atoms with E-state index in [1.165, 1.54) is 6.07 Å². The van der Waals surface area contributed by atoms with Gasteiger partial charge in [0.05, 0.1) is 11.5 Å². The number of pyridine rings is 1. The fourth-order valence-electron chi connectivity index (χ4n) is 2.44. The number of nitrogens with two attached hydrogens (primary N) is 1. The van der Waals surface area contributed by atoms with Crippen molar-refractivity contribution in [2.24, 2.45) is 20.4 Å². The van der Waals surface area contributed by atoms with E-state index in [4.69, 9.17) is 10.2 Å². The van der Waals surface area contributed by atoms with Gasteiger partial charge in [-0.05, 0) is 23.8 Å². The van der Waals surface area contributed by atoms with Crippen molar-refractivity contribution in [2.45, 2.75) is 4.90 Å². The Labute approximate surface area is 144 Å². The fraction of sp³-hybridized carbons (Fsp3) is 0.200. The number of primary sulfonamides is 1. The van der Waals surface area contributed by atoms with Gasteiger partial charge < -0.3 is 10.4 Å². The molecular formula is C15H16N6O3S. The minimum absolute atomic E-state index is 0.00515. The SMILES string of the molecule is NS(=O)(=O)c1cccc(-c2ccc(NCCO)nc2)c1C1=NCN=N1. The van der Waals surface area contributed by atoms with Crippen LogP contribution in [0, 0.1) is 0 Å². The lowest BCUT2D eigenvalue weighted by Gasteiger charge is -2.12. The van der Waals surface area contributed by atoms with Crippen LogP contribution in [0.1, 0.15) is 5.56 Å². The first kappa shape index (κ1) is 17.1. The molecule has 25 heavy (non-hydrogen) atoms. The van der Waals surface area contributed by atoms with Gasteiger partial charge in [0, 0.05) is 23.9 Å². The largest absolute Gasteiger partial charge is 0.395 e. The van der Waals surface area contributed by atoms with Crippen LogP contribution in [0.4, 0.5) is 5.82 Å². The highest BCUT2D eigenvalue weighted by atomic mass is 32.2. The van der Waals surface area contributed by atoms with Crippen molar-refractivity contribution in [3.63, 3.8) is 0 Å². The second-order valence-electron chi connectivity index (χ2n) is 5.17. The summed E-state index contributed by atoms with van der Waals surface area (Å²) in [6.07, 6.45) is 1.60. The Bertz CT molecular complexity index is 938. The molecule has 9 nitrogen and oxygen atoms in total. The molecule has 2 heterocycles. The molecule has 0 bridgehead atoms. The average Bonchev–Trinajstić information content (AvgIpc) is 3.13. The molecule has 1 aromatic heterocycles. The van der Waals surface area contributed by atoms with Crippen molar-refractivity contribution < 1.29 is 13.5 Å². The second-order valence-corrected chi connectivity index (χ2v) is 6.70. The summed E-state index contributed by atoms with van der Waals surface area (Å²) in [4.78, 5) is 8.32. The molecule has 3 rings (SSSR count). The lowest BCUT2D eigenvalue weighted by Crippen LogP contribution is -2.17. The lowest BCUT2D eigenvalue weighted by molar-refractivity contribution is 0.311. The Kier molecular flexibility index (Phi) is 4.83. The van der Waals surface area contributed by atoms with Crippen molar-refractivity contribution >= 4 is 21.7 Å². The molecule has 0 spiro atoms. The highest BCUT2D eigenvalue weighted by Crippen LogP contribution is 2.30. The van der Waals surface area contributed by atoms with Gasteiger partial charge in [-0.1, -0.05) is 12.1 Å². The van der Waals surface area contributed by atoms with Crippen LogP contribution in [-0.2, 0) is 10.0 Å². The highest BCUT2D eigenvalue weighted by molar-refractivity contribution is 7.89. The molecule has 0 atom stereocenters. The number of anilines is 1. The van der Waals surface area contributed by atoms with Gasteiger partial charge >= 0.3 is 0 Å². The van der Waals surface area contributed by atoms with E-state index in [1.807, 2.05) is 0 Å². The molecule has 1 aliphatic heterocycles. The van der Waals surface area contributed by atoms with E-state index >= 15 is 0 Å². The van der Waals surface area contributed by atoms with Crippen molar-refractivity contribution in [3.8, 4) is 11.1 Å². The molecule has 0 saturated heterocycles. The monoisotopic (exact) mass is 360 g/mol. The third kappa shape index (κ3) is 3.71. The first-order valence-electron chi connectivity index (χ1n) is 7.40. The highest BCUT2D eigenvalue weighted by Gasteiger charge is 2.23. The number of rotatable bonds is 6. The number of hydrogen-bond donors (Lipinski definition) is 3. The number of benzene rings is 1. The Balaban J connectivity index is 2.11. The minimum atomic E-state index is -3.96. The number of aromatic nitrogens is 1. The molecule has 4 N–H and O–H groups in total. The van der Waals surface area contributed by atoms with Gasteiger partial charge in [0.15, 0.2) is 12.5 Å². The molecule has 0 aliphatic carbocycles. The van der Waals surface area contributed by atoms with Gasteiger partial charge in [0.25, 0.3) is 0 Å². The Hall–Kier alpha value is -2.69. The van der Waals surface area contributed by atoms with Gasteiger partial charge in [0.1, 0.15) is 5.82 Å². The molecule has 0 amide bonds. The fourth-order valence-corrected chi connectivity index (χ4v) is 3.19. The van der Waals surface area contributed by atoms with Crippen LogP contribution >= 0.6 is 0 Å². The molecule has 0 fully saturated rings. The predicted octanol–water partition coefficient (Wildman–Crippen LogP) is 0.970. The third-order valence-electron chi connectivity index (χ3n) is 3.50.